The van der Waals surface area contributed by atoms with E-state index < -0.39 is 40.9 Å². The Morgan fingerprint density at radius 3 is 2.67 bits per heavy atom. The standard InChI is InChI=1S/C17H17ClF2N2O4S/c18-13-7-11(4-5-14(13)19)21-17(24)10-2-1-3-12(6-10)27(25,26)22-8-15(20)16(23)9-22/h1-4,6-7,14-16,23H,5,8-9H2,(H,21,24). The van der Waals surface area contributed by atoms with E-state index in [0.29, 0.717) is 5.70 Å². The molecule has 146 valence electrons. The normalized spacial score (nSPS) is 26.4. The van der Waals surface area contributed by atoms with Crippen molar-refractivity contribution in [2.75, 3.05) is 13.1 Å². The Morgan fingerprint density at radius 1 is 1.30 bits per heavy atom. The molecule has 1 aromatic rings. The summed E-state index contributed by atoms with van der Waals surface area (Å²) in [5.74, 6) is -0.596. The Labute approximate surface area is 160 Å². The first-order valence-electron chi connectivity index (χ1n) is 8.13. The van der Waals surface area contributed by atoms with Crippen LogP contribution in [0.3, 0.4) is 0 Å². The van der Waals surface area contributed by atoms with Crippen molar-refractivity contribution >= 4 is 27.5 Å². The average Bonchev–Trinajstić information content (AvgIpc) is 2.98. The molecular formula is C17H17ClF2N2O4S. The lowest BCUT2D eigenvalue weighted by Crippen LogP contribution is -2.30. The number of hydrogen-bond acceptors (Lipinski definition) is 4. The minimum Gasteiger partial charge on any atom is -0.389 e. The number of sulfonamides is 1. The highest BCUT2D eigenvalue weighted by Gasteiger charge is 2.38. The summed E-state index contributed by atoms with van der Waals surface area (Å²) >= 11 is 5.73. The number of benzene rings is 1. The van der Waals surface area contributed by atoms with Gasteiger partial charge in [-0.15, -0.1) is 0 Å². The van der Waals surface area contributed by atoms with E-state index in [4.69, 9.17) is 11.6 Å². The number of nitrogens with one attached hydrogen (secondary N) is 1. The van der Waals surface area contributed by atoms with Crippen molar-refractivity contribution in [1.82, 2.24) is 9.62 Å². The van der Waals surface area contributed by atoms with Gasteiger partial charge in [0.2, 0.25) is 10.0 Å². The Bertz CT molecular complexity index is 909. The molecule has 3 unspecified atom stereocenters. The van der Waals surface area contributed by atoms with E-state index in [1.165, 1.54) is 30.4 Å². The van der Waals surface area contributed by atoms with Crippen molar-refractivity contribution < 1.29 is 27.1 Å². The van der Waals surface area contributed by atoms with Gasteiger partial charge in [-0.05, 0) is 24.3 Å². The first-order valence-corrected chi connectivity index (χ1v) is 9.95. The number of allylic oxidation sites excluding steroid dienone is 3. The third-order valence-electron chi connectivity index (χ3n) is 4.32. The highest BCUT2D eigenvalue weighted by Crippen LogP contribution is 2.25. The van der Waals surface area contributed by atoms with Gasteiger partial charge in [-0.3, -0.25) is 4.79 Å². The number of aliphatic hydroxyl groups excluding tert-OH is 1. The van der Waals surface area contributed by atoms with E-state index in [2.05, 4.69) is 5.32 Å². The van der Waals surface area contributed by atoms with Crippen molar-refractivity contribution in [3.63, 3.8) is 0 Å². The molecule has 6 nitrogen and oxygen atoms in total. The summed E-state index contributed by atoms with van der Waals surface area (Å²) < 4.78 is 52.8. The fourth-order valence-electron chi connectivity index (χ4n) is 2.79. The zero-order valence-corrected chi connectivity index (χ0v) is 15.6. The summed E-state index contributed by atoms with van der Waals surface area (Å²) in [6, 6.07) is 5.25. The number of carbonyl (C=O) groups is 1. The molecule has 0 spiro atoms. The topological polar surface area (TPSA) is 86.7 Å². The van der Waals surface area contributed by atoms with Crippen molar-refractivity contribution in [2.45, 2.75) is 29.8 Å². The van der Waals surface area contributed by atoms with Gasteiger partial charge < -0.3 is 10.4 Å². The number of amides is 1. The Morgan fingerprint density at radius 2 is 2.04 bits per heavy atom. The number of aliphatic hydroxyl groups is 1. The molecule has 2 aliphatic rings. The molecule has 1 aliphatic heterocycles. The van der Waals surface area contributed by atoms with Crippen LogP contribution in [-0.2, 0) is 10.0 Å². The lowest BCUT2D eigenvalue weighted by atomic mass is 10.1. The van der Waals surface area contributed by atoms with Crippen LogP contribution in [0, 0.1) is 0 Å². The summed E-state index contributed by atoms with van der Waals surface area (Å²) in [6.07, 6.45) is -1.54. The molecule has 0 aromatic heterocycles. The maximum atomic E-state index is 13.5. The predicted octanol–water partition coefficient (Wildman–Crippen LogP) is 1.87. The predicted molar refractivity (Wildman–Crippen MR) is 95.1 cm³/mol. The molecule has 1 heterocycles. The molecule has 0 bridgehead atoms. The van der Waals surface area contributed by atoms with Crippen LogP contribution in [0.5, 0.6) is 0 Å². The van der Waals surface area contributed by atoms with E-state index in [1.807, 2.05) is 0 Å². The number of β-amino-alcohol motifs (C(OH)–C–C–N with tert-alkyl or cyclic N) is 1. The molecule has 1 aliphatic carbocycles. The third-order valence-corrected chi connectivity index (χ3v) is 6.49. The van der Waals surface area contributed by atoms with E-state index >= 15 is 0 Å². The van der Waals surface area contributed by atoms with Crippen LogP contribution in [-0.4, -0.2) is 55.3 Å². The van der Waals surface area contributed by atoms with Gasteiger partial charge in [0.25, 0.3) is 5.91 Å². The number of alkyl halides is 2. The molecule has 3 rings (SSSR count). The summed E-state index contributed by atoms with van der Waals surface area (Å²) in [5, 5.41) is 12.0. The molecule has 1 aromatic carbocycles. The second-order valence-electron chi connectivity index (χ2n) is 6.28. The Hall–Kier alpha value is -1.81. The number of nitrogens with zero attached hydrogens (tertiary/aromatic N) is 1. The fourth-order valence-corrected chi connectivity index (χ4v) is 4.51. The van der Waals surface area contributed by atoms with Crippen molar-refractivity contribution in [3.05, 3.63) is 52.7 Å². The van der Waals surface area contributed by atoms with Crippen LogP contribution >= 0.6 is 11.6 Å². The second-order valence-corrected chi connectivity index (χ2v) is 8.65. The van der Waals surface area contributed by atoms with Gasteiger partial charge in [0, 0.05) is 30.8 Å². The fraction of sp³-hybridized carbons (Fsp3) is 0.353. The average molecular weight is 419 g/mol. The lowest BCUT2D eigenvalue weighted by Gasteiger charge is -2.16. The highest BCUT2D eigenvalue weighted by molar-refractivity contribution is 7.89. The smallest absolute Gasteiger partial charge is 0.255 e. The van der Waals surface area contributed by atoms with Crippen LogP contribution in [0.15, 0.2) is 52.0 Å². The van der Waals surface area contributed by atoms with Crippen LogP contribution < -0.4 is 5.32 Å². The molecule has 1 fully saturated rings. The summed E-state index contributed by atoms with van der Waals surface area (Å²) in [5.41, 5.74) is 0.371. The van der Waals surface area contributed by atoms with Gasteiger partial charge in [0.1, 0.15) is 18.4 Å². The van der Waals surface area contributed by atoms with E-state index in [1.54, 1.807) is 0 Å². The maximum Gasteiger partial charge on any atom is 0.255 e. The number of halogens is 3. The van der Waals surface area contributed by atoms with Gasteiger partial charge in [-0.1, -0.05) is 23.7 Å². The van der Waals surface area contributed by atoms with E-state index in [-0.39, 0.29) is 28.5 Å². The van der Waals surface area contributed by atoms with Crippen molar-refractivity contribution in [3.8, 4) is 0 Å². The largest absolute Gasteiger partial charge is 0.389 e. The summed E-state index contributed by atoms with van der Waals surface area (Å²) in [7, 11) is -4.05. The molecule has 2 N–H and O–H groups in total. The number of hydrogen-bond donors (Lipinski definition) is 2. The number of carbonyl (C=O) groups excluding carboxylic acids is 1. The SMILES string of the molecule is O=C(NC1=CCC(F)C(Cl)=C1)c1cccc(S(=O)(=O)N2CC(O)C(F)C2)c1. The first kappa shape index (κ1) is 19.9. The minimum atomic E-state index is -4.05. The quantitative estimate of drug-likeness (QED) is 0.781. The molecule has 0 radical (unpaired) electrons. The van der Waals surface area contributed by atoms with Crippen molar-refractivity contribution in [2.24, 2.45) is 0 Å². The molecule has 1 saturated heterocycles. The monoisotopic (exact) mass is 418 g/mol. The van der Waals surface area contributed by atoms with Crippen LogP contribution in [0.2, 0.25) is 0 Å². The summed E-state index contributed by atoms with van der Waals surface area (Å²) in [4.78, 5) is 12.2. The molecule has 10 heteroatoms. The first-order chi connectivity index (χ1) is 12.7. The van der Waals surface area contributed by atoms with Crippen molar-refractivity contribution in [1.29, 1.82) is 0 Å². The Balaban J connectivity index is 1.78. The third kappa shape index (κ3) is 4.21. The van der Waals surface area contributed by atoms with Gasteiger partial charge in [0.15, 0.2) is 0 Å². The van der Waals surface area contributed by atoms with E-state index in [0.717, 1.165) is 10.4 Å². The zero-order valence-electron chi connectivity index (χ0n) is 14.0. The summed E-state index contributed by atoms with van der Waals surface area (Å²) in [6.45, 7) is -0.791. The molecule has 3 atom stereocenters. The molecule has 27 heavy (non-hydrogen) atoms. The van der Waals surface area contributed by atoms with Gasteiger partial charge >= 0.3 is 0 Å². The lowest BCUT2D eigenvalue weighted by molar-refractivity contribution is 0.0966. The zero-order chi connectivity index (χ0) is 19.8. The van der Waals surface area contributed by atoms with Crippen LogP contribution in [0.1, 0.15) is 16.8 Å². The van der Waals surface area contributed by atoms with Gasteiger partial charge in [-0.25, -0.2) is 17.2 Å². The maximum absolute atomic E-state index is 13.5. The van der Waals surface area contributed by atoms with Gasteiger partial charge in [-0.2, -0.15) is 4.31 Å². The van der Waals surface area contributed by atoms with Crippen LogP contribution in [0.4, 0.5) is 8.78 Å². The number of rotatable bonds is 4. The molecular weight excluding hydrogens is 402 g/mol. The molecule has 0 saturated carbocycles. The van der Waals surface area contributed by atoms with E-state index in [9.17, 15) is 27.1 Å². The van der Waals surface area contributed by atoms with Gasteiger partial charge in [0.05, 0.1) is 9.93 Å². The highest BCUT2D eigenvalue weighted by atomic mass is 35.5. The Kier molecular flexibility index (Phi) is 5.66. The van der Waals surface area contributed by atoms with Crippen LogP contribution in [0.25, 0.3) is 0 Å². The second kappa shape index (κ2) is 7.67. The molecule has 1 amide bonds. The minimum absolute atomic E-state index is 0.0288.